The number of aromatic nitrogens is 1. The van der Waals surface area contributed by atoms with Gasteiger partial charge in [0.15, 0.2) is 0 Å². The van der Waals surface area contributed by atoms with Crippen molar-refractivity contribution in [3.8, 4) is 0 Å². The number of rotatable bonds is 4. The Morgan fingerprint density at radius 3 is 2.29 bits per heavy atom. The zero-order valence-corrected chi connectivity index (χ0v) is 10.2. The fraction of sp³-hybridized carbons (Fsp3) is 0.583. The Kier molecular flexibility index (Phi) is 4.01. The van der Waals surface area contributed by atoms with Crippen LogP contribution in [-0.4, -0.2) is 10.5 Å². The summed E-state index contributed by atoms with van der Waals surface area (Å²) >= 11 is 0. The molecule has 0 radical (unpaired) electrons. The monoisotopic (exact) mass is 246 g/mol. The number of halogens is 3. The molecule has 0 saturated heterocycles. The molecule has 0 aliphatic carbocycles. The number of nitrogens with zero attached hydrogens (tertiary/aromatic N) is 1. The number of hydrogen-bond donors (Lipinski definition) is 1. The summed E-state index contributed by atoms with van der Waals surface area (Å²) in [6, 6.07) is 2.02. The van der Waals surface area contributed by atoms with Gasteiger partial charge in [0.05, 0.1) is 5.56 Å². The Hall–Kier alpha value is -1.26. The molecule has 1 heterocycles. The molecule has 0 spiro atoms. The van der Waals surface area contributed by atoms with Gasteiger partial charge in [-0.15, -0.1) is 0 Å². The molecular formula is C12H17F3N2. The zero-order valence-electron chi connectivity index (χ0n) is 10.2. The van der Waals surface area contributed by atoms with Crippen LogP contribution in [0, 0.1) is 0 Å². The van der Waals surface area contributed by atoms with Gasteiger partial charge in [0.1, 0.15) is 5.82 Å². The van der Waals surface area contributed by atoms with Crippen molar-refractivity contribution in [1.29, 1.82) is 0 Å². The summed E-state index contributed by atoms with van der Waals surface area (Å²) in [4.78, 5) is 3.92. The summed E-state index contributed by atoms with van der Waals surface area (Å²) in [5.41, 5.74) is -0.901. The molecule has 0 bridgehead atoms. The van der Waals surface area contributed by atoms with Crippen LogP contribution in [0.1, 0.15) is 39.2 Å². The van der Waals surface area contributed by atoms with Gasteiger partial charge >= 0.3 is 6.18 Å². The second-order valence-electron chi connectivity index (χ2n) is 4.32. The Morgan fingerprint density at radius 1 is 1.24 bits per heavy atom. The van der Waals surface area contributed by atoms with E-state index in [-0.39, 0.29) is 11.4 Å². The molecule has 1 N–H and O–H groups in total. The average Bonchev–Trinajstić information content (AvgIpc) is 2.28. The lowest BCUT2D eigenvalue weighted by atomic mass is 9.95. The van der Waals surface area contributed by atoms with Crippen molar-refractivity contribution in [3.05, 3.63) is 23.9 Å². The first-order valence-electron chi connectivity index (χ1n) is 5.62. The molecule has 2 nitrogen and oxygen atoms in total. The van der Waals surface area contributed by atoms with Gasteiger partial charge in [0, 0.05) is 11.7 Å². The van der Waals surface area contributed by atoms with E-state index in [2.05, 4.69) is 10.3 Å². The van der Waals surface area contributed by atoms with Crippen molar-refractivity contribution >= 4 is 5.82 Å². The van der Waals surface area contributed by atoms with Gasteiger partial charge in [-0.05, 0) is 31.9 Å². The van der Waals surface area contributed by atoms with E-state index in [9.17, 15) is 13.2 Å². The number of alkyl halides is 3. The van der Waals surface area contributed by atoms with Crippen LogP contribution in [0.25, 0.3) is 0 Å². The molecule has 5 heteroatoms. The van der Waals surface area contributed by atoms with Crippen molar-refractivity contribution in [2.24, 2.45) is 0 Å². The second-order valence-corrected chi connectivity index (χ2v) is 4.32. The first-order chi connectivity index (χ1) is 7.80. The summed E-state index contributed by atoms with van der Waals surface area (Å²) in [5, 5.41) is 3.06. The van der Waals surface area contributed by atoms with E-state index in [1.54, 1.807) is 0 Å². The summed E-state index contributed by atoms with van der Waals surface area (Å²) in [5.74, 6) is 0.269. The molecule has 96 valence electrons. The van der Waals surface area contributed by atoms with E-state index in [1.807, 2.05) is 20.8 Å². The van der Waals surface area contributed by atoms with Gasteiger partial charge in [0.25, 0.3) is 0 Å². The smallest absolute Gasteiger partial charge is 0.365 e. The molecule has 0 atom stereocenters. The van der Waals surface area contributed by atoms with E-state index in [0.717, 1.165) is 25.0 Å². The minimum Gasteiger partial charge on any atom is -0.365 e. The van der Waals surface area contributed by atoms with Crippen molar-refractivity contribution in [2.75, 3.05) is 5.32 Å². The molecule has 0 aliphatic rings. The maximum atomic E-state index is 12.5. The maximum absolute atomic E-state index is 12.5. The summed E-state index contributed by atoms with van der Waals surface area (Å²) in [7, 11) is 0. The van der Waals surface area contributed by atoms with E-state index < -0.39 is 11.7 Å². The highest BCUT2D eigenvalue weighted by Crippen LogP contribution is 2.30. The normalized spacial score (nSPS) is 12.6. The second kappa shape index (κ2) is 4.94. The first-order valence-corrected chi connectivity index (χ1v) is 5.62. The van der Waals surface area contributed by atoms with Gasteiger partial charge in [-0.25, -0.2) is 4.98 Å². The Morgan fingerprint density at radius 2 is 1.82 bits per heavy atom. The molecule has 0 fully saturated rings. The van der Waals surface area contributed by atoms with Gasteiger partial charge in [-0.3, -0.25) is 0 Å². The molecule has 0 aromatic carbocycles. The third-order valence-corrected chi connectivity index (χ3v) is 3.08. The highest BCUT2D eigenvalue weighted by atomic mass is 19.4. The van der Waals surface area contributed by atoms with Crippen LogP contribution in [-0.2, 0) is 6.18 Å². The molecule has 1 aromatic rings. The topological polar surface area (TPSA) is 24.9 Å². The lowest BCUT2D eigenvalue weighted by Crippen LogP contribution is -2.33. The Balaban J connectivity index is 2.93. The highest BCUT2D eigenvalue weighted by Gasteiger charge is 2.31. The van der Waals surface area contributed by atoms with Gasteiger partial charge in [-0.2, -0.15) is 13.2 Å². The standard InChI is InChI=1S/C12H17F3N2/c1-4-11(3,5-2)17-10-8-9(6-7-16-10)12(13,14)15/h6-8H,4-5H2,1-3H3,(H,16,17). The van der Waals surface area contributed by atoms with Gasteiger partial charge in [-0.1, -0.05) is 13.8 Å². The number of hydrogen-bond acceptors (Lipinski definition) is 2. The van der Waals surface area contributed by atoms with Crippen molar-refractivity contribution < 1.29 is 13.2 Å². The fourth-order valence-electron chi connectivity index (χ4n) is 1.41. The fourth-order valence-corrected chi connectivity index (χ4v) is 1.41. The van der Waals surface area contributed by atoms with Crippen molar-refractivity contribution in [2.45, 2.75) is 45.3 Å². The predicted octanol–water partition coefficient (Wildman–Crippen LogP) is 4.09. The van der Waals surface area contributed by atoms with Gasteiger partial charge < -0.3 is 5.32 Å². The Labute approximate surface area is 99.3 Å². The molecule has 0 amide bonds. The number of nitrogens with one attached hydrogen (secondary N) is 1. The first kappa shape index (κ1) is 13.8. The van der Waals surface area contributed by atoms with Gasteiger partial charge in [0.2, 0.25) is 0 Å². The van der Waals surface area contributed by atoms with Crippen LogP contribution in [0.2, 0.25) is 0 Å². The molecular weight excluding hydrogens is 229 g/mol. The molecule has 1 rings (SSSR count). The molecule has 0 unspecified atom stereocenters. The van der Waals surface area contributed by atoms with E-state index >= 15 is 0 Å². The molecule has 0 saturated carbocycles. The largest absolute Gasteiger partial charge is 0.416 e. The highest BCUT2D eigenvalue weighted by molar-refractivity contribution is 5.40. The van der Waals surface area contributed by atoms with Crippen molar-refractivity contribution in [3.63, 3.8) is 0 Å². The van der Waals surface area contributed by atoms with Crippen LogP contribution in [0.5, 0.6) is 0 Å². The molecule has 17 heavy (non-hydrogen) atoms. The van der Waals surface area contributed by atoms with E-state index in [4.69, 9.17) is 0 Å². The van der Waals surface area contributed by atoms with Crippen molar-refractivity contribution in [1.82, 2.24) is 4.98 Å². The summed E-state index contributed by atoms with van der Waals surface area (Å²) < 4.78 is 37.5. The average molecular weight is 246 g/mol. The summed E-state index contributed by atoms with van der Waals surface area (Å²) in [6.07, 6.45) is -1.51. The Bertz CT molecular complexity index is 370. The van der Waals surface area contributed by atoms with Crippen LogP contribution in [0.15, 0.2) is 18.3 Å². The number of anilines is 1. The molecule has 1 aromatic heterocycles. The lowest BCUT2D eigenvalue weighted by Gasteiger charge is -2.29. The quantitative estimate of drug-likeness (QED) is 0.865. The number of pyridine rings is 1. The van der Waals surface area contributed by atoms with Crippen LogP contribution in [0.4, 0.5) is 19.0 Å². The minimum absolute atomic E-state index is 0.225. The third-order valence-electron chi connectivity index (χ3n) is 3.08. The summed E-state index contributed by atoms with van der Waals surface area (Å²) in [6.45, 7) is 5.95. The van der Waals surface area contributed by atoms with Crippen LogP contribution in [0.3, 0.4) is 0 Å². The van der Waals surface area contributed by atoms with E-state index in [1.165, 1.54) is 6.20 Å². The maximum Gasteiger partial charge on any atom is 0.416 e. The minimum atomic E-state index is -4.33. The van der Waals surface area contributed by atoms with Crippen LogP contribution >= 0.6 is 0 Å². The predicted molar refractivity (Wildman–Crippen MR) is 61.8 cm³/mol. The lowest BCUT2D eigenvalue weighted by molar-refractivity contribution is -0.137. The zero-order chi connectivity index (χ0) is 13.1. The third kappa shape index (κ3) is 3.61. The SMILES string of the molecule is CCC(C)(CC)Nc1cc(C(F)(F)F)ccn1. The molecule has 0 aliphatic heterocycles. The van der Waals surface area contributed by atoms with Crippen LogP contribution < -0.4 is 5.32 Å². The van der Waals surface area contributed by atoms with E-state index in [0.29, 0.717) is 0 Å².